The summed E-state index contributed by atoms with van der Waals surface area (Å²) in [5.41, 5.74) is -0.146. The maximum absolute atomic E-state index is 13.6. The van der Waals surface area contributed by atoms with E-state index < -0.39 is 5.82 Å². The Morgan fingerprint density at radius 2 is 2.09 bits per heavy atom. The van der Waals surface area contributed by atoms with E-state index in [9.17, 15) is 14.0 Å². The Hall–Kier alpha value is -2.24. The number of amides is 1. The van der Waals surface area contributed by atoms with E-state index in [2.05, 4.69) is 4.98 Å². The first-order valence-electron chi connectivity index (χ1n) is 7.56. The average Bonchev–Trinajstić information content (AvgIpc) is 3.27. The van der Waals surface area contributed by atoms with Crippen LogP contribution in [0.3, 0.4) is 0 Å². The molecule has 0 radical (unpaired) electrons. The highest BCUT2D eigenvalue weighted by Crippen LogP contribution is 2.32. The van der Waals surface area contributed by atoms with Crippen molar-refractivity contribution in [1.82, 2.24) is 14.5 Å². The smallest absolute Gasteiger partial charge is 0.261 e. The molecule has 6 heteroatoms. The molecule has 22 heavy (non-hydrogen) atoms. The molecule has 1 aliphatic heterocycles. The summed E-state index contributed by atoms with van der Waals surface area (Å²) >= 11 is 0. The summed E-state index contributed by atoms with van der Waals surface area (Å²) in [4.78, 5) is 30.4. The monoisotopic (exact) mass is 301 g/mol. The number of carbonyl (C=O) groups is 1. The third-order valence-corrected chi connectivity index (χ3v) is 4.49. The fourth-order valence-electron chi connectivity index (χ4n) is 3.23. The number of hydrogen-bond donors (Lipinski definition) is 0. The van der Waals surface area contributed by atoms with Gasteiger partial charge in [-0.05, 0) is 25.0 Å². The van der Waals surface area contributed by atoms with Gasteiger partial charge in [0.15, 0.2) is 0 Å². The average molecular weight is 301 g/mol. The summed E-state index contributed by atoms with van der Waals surface area (Å²) in [5.74, 6) is -0.184. The number of para-hydroxylation sites is 1. The number of halogens is 1. The van der Waals surface area contributed by atoms with Gasteiger partial charge >= 0.3 is 0 Å². The van der Waals surface area contributed by atoms with Crippen LogP contribution in [0.25, 0.3) is 10.9 Å². The molecule has 1 amide bonds. The molecule has 0 unspecified atom stereocenters. The second kappa shape index (κ2) is 4.90. The second-order valence-electron chi connectivity index (χ2n) is 6.19. The molecule has 5 nitrogen and oxygen atoms in total. The van der Waals surface area contributed by atoms with E-state index in [4.69, 9.17) is 0 Å². The van der Waals surface area contributed by atoms with E-state index >= 15 is 0 Å². The SMILES string of the molecule is O=C1C[C@@H](Cn2cnc3c(F)cccc3c2=O)CN1C1CC1. The van der Waals surface area contributed by atoms with Gasteiger partial charge in [0.1, 0.15) is 11.3 Å². The van der Waals surface area contributed by atoms with Crippen molar-refractivity contribution < 1.29 is 9.18 Å². The Morgan fingerprint density at radius 1 is 1.27 bits per heavy atom. The number of aromatic nitrogens is 2. The molecule has 1 saturated carbocycles. The first-order chi connectivity index (χ1) is 10.6. The number of carbonyl (C=O) groups excluding carboxylic acids is 1. The zero-order valence-electron chi connectivity index (χ0n) is 12.0. The van der Waals surface area contributed by atoms with Crippen LogP contribution in [0.5, 0.6) is 0 Å². The molecular weight excluding hydrogens is 285 g/mol. The molecular formula is C16H16FN3O2. The topological polar surface area (TPSA) is 55.2 Å². The fraction of sp³-hybridized carbons (Fsp3) is 0.438. The number of benzene rings is 1. The molecule has 1 saturated heterocycles. The van der Waals surface area contributed by atoms with Crippen molar-refractivity contribution in [2.75, 3.05) is 6.54 Å². The van der Waals surface area contributed by atoms with Crippen LogP contribution in [0.2, 0.25) is 0 Å². The highest BCUT2D eigenvalue weighted by atomic mass is 19.1. The van der Waals surface area contributed by atoms with Gasteiger partial charge < -0.3 is 4.90 Å². The Bertz CT molecular complexity index is 813. The van der Waals surface area contributed by atoms with Gasteiger partial charge in [-0.15, -0.1) is 0 Å². The summed E-state index contributed by atoms with van der Waals surface area (Å²) in [7, 11) is 0. The highest BCUT2D eigenvalue weighted by molar-refractivity contribution is 5.79. The second-order valence-corrected chi connectivity index (χ2v) is 6.19. The van der Waals surface area contributed by atoms with E-state index in [-0.39, 0.29) is 28.3 Å². The Balaban J connectivity index is 1.61. The van der Waals surface area contributed by atoms with E-state index in [1.54, 1.807) is 6.07 Å². The van der Waals surface area contributed by atoms with Gasteiger partial charge in [0.05, 0.1) is 11.7 Å². The van der Waals surface area contributed by atoms with Crippen molar-refractivity contribution in [3.05, 3.63) is 40.7 Å². The van der Waals surface area contributed by atoms with E-state index in [1.165, 1.54) is 23.0 Å². The summed E-state index contributed by atoms with van der Waals surface area (Å²) in [6.45, 7) is 1.16. The minimum Gasteiger partial charge on any atom is -0.339 e. The molecule has 2 fully saturated rings. The van der Waals surface area contributed by atoms with Crippen LogP contribution >= 0.6 is 0 Å². The number of rotatable bonds is 3. The lowest BCUT2D eigenvalue weighted by Crippen LogP contribution is -2.29. The fourth-order valence-corrected chi connectivity index (χ4v) is 3.23. The van der Waals surface area contributed by atoms with Gasteiger partial charge in [-0.25, -0.2) is 9.37 Å². The number of fused-ring (bicyclic) bond motifs is 1. The molecule has 2 heterocycles. The molecule has 0 bridgehead atoms. The van der Waals surface area contributed by atoms with Crippen LogP contribution in [-0.2, 0) is 11.3 Å². The van der Waals surface area contributed by atoms with Crippen molar-refractivity contribution in [2.24, 2.45) is 5.92 Å². The lowest BCUT2D eigenvalue weighted by atomic mass is 10.1. The highest BCUT2D eigenvalue weighted by Gasteiger charge is 2.39. The third kappa shape index (κ3) is 2.19. The molecule has 1 aromatic carbocycles. The first kappa shape index (κ1) is 13.4. The van der Waals surface area contributed by atoms with Gasteiger partial charge in [0.25, 0.3) is 5.56 Å². The lowest BCUT2D eigenvalue weighted by Gasteiger charge is -2.16. The first-order valence-corrected chi connectivity index (χ1v) is 7.56. The van der Waals surface area contributed by atoms with Gasteiger partial charge in [0.2, 0.25) is 5.91 Å². The van der Waals surface area contributed by atoms with Crippen LogP contribution in [-0.4, -0.2) is 32.9 Å². The van der Waals surface area contributed by atoms with Crippen molar-refractivity contribution in [3.8, 4) is 0 Å². The predicted molar refractivity (Wildman–Crippen MR) is 78.8 cm³/mol. The van der Waals surface area contributed by atoms with Gasteiger partial charge in [-0.3, -0.25) is 14.2 Å². The quantitative estimate of drug-likeness (QED) is 0.864. The maximum Gasteiger partial charge on any atom is 0.261 e. The zero-order valence-corrected chi connectivity index (χ0v) is 12.0. The summed E-state index contributed by atoms with van der Waals surface area (Å²) in [6, 6.07) is 4.81. The molecule has 2 aromatic rings. The van der Waals surface area contributed by atoms with E-state index in [0.717, 1.165) is 12.8 Å². The predicted octanol–water partition coefficient (Wildman–Crippen LogP) is 1.55. The number of nitrogens with zero attached hydrogens (tertiary/aromatic N) is 3. The minimum atomic E-state index is -0.488. The van der Waals surface area contributed by atoms with Crippen LogP contribution in [0, 0.1) is 11.7 Å². The van der Waals surface area contributed by atoms with Gasteiger partial charge in [-0.1, -0.05) is 6.07 Å². The van der Waals surface area contributed by atoms with Crippen molar-refractivity contribution in [2.45, 2.75) is 31.8 Å². The standard InChI is InChI=1S/C16H16FN3O2/c17-13-3-1-2-12-15(13)18-9-19(16(12)22)7-10-6-14(21)20(8-10)11-4-5-11/h1-3,9-11H,4-8H2/t10-/m0/s1. The molecule has 0 spiro atoms. The molecule has 4 rings (SSSR count). The van der Waals surface area contributed by atoms with Gasteiger partial charge in [0, 0.05) is 31.5 Å². The number of likely N-dealkylation sites (tertiary alicyclic amines) is 1. The Kier molecular flexibility index (Phi) is 2.99. The Morgan fingerprint density at radius 3 is 2.86 bits per heavy atom. The van der Waals surface area contributed by atoms with Crippen LogP contribution in [0.1, 0.15) is 19.3 Å². The normalized spacial score (nSPS) is 21.8. The molecule has 0 N–H and O–H groups in total. The summed E-state index contributed by atoms with van der Waals surface area (Å²) < 4.78 is 15.1. The number of hydrogen-bond acceptors (Lipinski definition) is 3. The molecule has 2 aliphatic rings. The molecule has 1 atom stereocenters. The maximum atomic E-state index is 13.6. The van der Waals surface area contributed by atoms with Gasteiger partial charge in [-0.2, -0.15) is 0 Å². The van der Waals surface area contributed by atoms with Crippen molar-refractivity contribution in [3.63, 3.8) is 0 Å². The lowest BCUT2D eigenvalue weighted by molar-refractivity contribution is -0.128. The zero-order chi connectivity index (χ0) is 15.3. The van der Waals surface area contributed by atoms with Crippen LogP contribution in [0.15, 0.2) is 29.3 Å². The molecule has 114 valence electrons. The van der Waals surface area contributed by atoms with E-state index in [0.29, 0.717) is 25.6 Å². The van der Waals surface area contributed by atoms with Crippen LogP contribution < -0.4 is 5.56 Å². The third-order valence-electron chi connectivity index (χ3n) is 4.49. The minimum absolute atomic E-state index is 0.103. The van der Waals surface area contributed by atoms with Crippen molar-refractivity contribution in [1.29, 1.82) is 0 Å². The van der Waals surface area contributed by atoms with Crippen LogP contribution in [0.4, 0.5) is 4.39 Å². The summed E-state index contributed by atoms with van der Waals surface area (Å²) in [5, 5.41) is 0.283. The van der Waals surface area contributed by atoms with Crippen molar-refractivity contribution >= 4 is 16.8 Å². The van der Waals surface area contributed by atoms with E-state index in [1.807, 2.05) is 4.90 Å². The molecule has 1 aliphatic carbocycles. The summed E-state index contributed by atoms with van der Waals surface area (Å²) in [6.07, 6.45) is 4.05. The largest absolute Gasteiger partial charge is 0.339 e. The Labute approximate surface area is 126 Å². The molecule has 1 aromatic heterocycles.